The number of aliphatic carboxylic acids is 2. The van der Waals surface area contributed by atoms with Crippen LogP contribution in [0.5, 0.6) is 11.8 Å². The van der Waals surface area contributed by atoms with Gasteiger partial charge in [-0.2, -0.15) is 4.98 Å². The van der Waals surface area contributed by atoms with E-state index in [4.69, 9.17) is 32.7 Å². The van der Waals surface area contributed by atoms with Gasteiger partial charge in [-0.25, -0.2) is 4.98 Å². The molecule has 4 aromatic rings. The lowest BCUT2D eigenvalue weighted by Gasteiger charge is -2.22. The molecule has 2 aromatic heterocycles. The highest BCUT2D eigenvalue weighted by Gasteiger charge is 2.31. The molecular weight excluding hydrogens is 697 g/mol. The number of carbonyl (C=O) groups excluding carboxylic acids is 1. The van der Waals surface area contributed by atoms with E-state index in [-0.39, 0.29) is 46.6 Å². The van der Waals surface area contributed by atoms with Gasteiger partial charge in [0, 0.05) is 30.4 Å². The number of carboxylic acid groups (broad SMARTS) is 2. The van der Waals surface area contributed by atoms with Crippen LogP contribution in [0.15, 0.2) is 60.8 Å². The molecule has 14 heteroatoms. The molecule has 0 radical (unpaired) electrons. The molecule has 12 nitrogen and oxygen atoms in total. The molecule has 5 N–H and O–H groups in total. The summed E-state index contributed by atoms with van der Waals surface area (Å²) in [4.78, 5) is 45.1. The number of carboxylic acids is 2. The minimum absolute atomic E-state index is 0.165. The largest absolute Gasteiger partial charge is 0.481 e. The van der Waals surface area contributed by atoms with Crippen molar-refractivity contribution in [3.05, 3.63) is 98.7 Å². The highest BCUT2D eigenvalue weighted by molar-refractivity contribution is 6.37. The third-order valence-electron chi connectivity index (χ3n) is 8.77. The number of hydrogen-bond donors (Lipinski definition) is 5. The van der Waals surface area contributed by atoms with Crippen LogP contribution >= 0.6 is 23.2 Å². The number of ether oxygens (including phenoxy) is 2. The highest BCUT2D eigenvalue weighted by atomic mass is 35.5. The first kappa shape index (κ1) is 37.5. The molecule has 1 aliphatic carbocycles. The van der Waals surface area contributed by atoms with Crippen molar-refractivity contribution in [3.8, 4) is 22.9 Å². The van der Waals surface area contributed by atoms with Gasteiger partial charge in [-0.3, -0.25) is 25.0 Å². The zero-order chi connectivity index (χ0) is 37.1. The van der Waals surface area contributed by atoms with Gasteiger partial charge >= 0.3 is 11.9 Å². The number of fused-ring (bicyclic) bond motifs is 1. The molecule has 0 unspecified atom stereocenters. The van der Waals surface area contributed by atoms with E-state index in [1.54, 1.807) is 64.2 Å². The Morgan fingerprint density at radius 3 is 2.22 bits per heavy atom. The smallest absolute Gasteiger partial charge is 0.323 e. The van der Waals surface area contributed by atoms with Crippen molar-refractivity contribution in [2.75, 3.05) is 12.4 Å². The van der Waals surface area contributed by atoms with Gasteiger partial charge in [0.2, 0.25) is 11.8 Å². The van der Waals surface area contributed by atoms with Gasteiger partial charge in [0.1, 0.15) is 28.0 Å². The van der Waals surface area contributed by atoms with Crippen molar-refractivity contribution in [2.45, 2.75) is 70.8 Å². The van der Waals surface area contributed by atoms with Crippen molar-refractivity contribution < 1.29 is 34.1 Å². The van der Waals surface area contributed by atoms with Crippen LogP contribution in [0.2, 0.25) is 10.0 Å². The Bertz CT molecular complexity index is 1970. The Morgan fingerprint density at radius 1 is 0.902 bits per heavy atom. The van der Waals surface area contributed by atoms with E-state index in [2.05, 4.69) is 25.9 Å². The lowest BCUT2D eigenvalue weighted by Crippen LogP contribution is -2.46. The summed E-state index contributed by atoms with van der Waals surface area (Å²) in [6.45, 7) is 6.72. The van der Waals surface area contributed by atoms with Crippen LogP contribution in [0, 0.1) is 0 Å². The normalized spacial score (nSPS) is 14.1. The average Bonchev–Trinajstić information content (AvgIpc) is 3.50. The molecule has 51 heavy (non-hydrogen) atoms. The lowest BCUT2D eigenvalue weighted by atomic mass is 9.95. The first-order chi connectivity index (χ1) is 24.1. The van der Waals surface area contributed by atoms with Crippen LogP contribution in [0.3, 0.4) is 0 Å². The summed E-state index contributed by atoms with van der Waals surface area (Å²) in [5, 5.41) is 28.0. The van der Waals surface area contributed by atoms with E-state index in [0.29, 0.717) is 29.8 Å². The van der Waals surface area contributed by atoms with Gasteiger partial charge in [0.15, 0.2) is 0 Å². The number of halogens is 2. The third kappa shape index (κ3) is 8.42. The van der Waals surface area contributed by atoms with E-state index in [1.807, 2.05) is 24.3 Å². The van der Waals surface area contributed by atoms with Crippen molar-refractivity contribution in [3.63, 3.8) is 0 Å². The van der Waals surface area contributed by atoms with E-state index in [9.17, 15) is 24.6 Å². The summed E-state index contributed by atoms with van der Waals surface area (Å²) in [6.07, 6.45) is 2.52. The van der Waals surface area contributed by atoms with Gasteiger partial charge < -0.3 is 25.0 Å². The van der Waals surface area contributed by atoms with Crippen LogP contribution in [-0.2, 0) is 29.1 Å². The van der Waals surface area contributed by atoms with Gasteiger partial charge in [-0.1, -0.05) is 59.6 Å². The monoisotopic (exact) mass is 735 g/mol. The number of benzene rings is 2. The Labute approximate surface area is 305 Å². The molecule has 5 rings (SSSR count). The predicted molar refractivity (Wildman–Crippen MR) is 194 cm³/mol. The predicted octanol–water partition coefficient (Wildman–Crippen LogP) is 6.68. The van der Waals surface area contributed by atoms with Gasteiger partial charge in [0.05, 0.1) is 17.7 Å². The average molecular weight is 737 g/mol. The molecule has 268 valence electrons. The Morgan fingerprint density at radius 2 is 1.57 bits per heavy atom. The number of anilines is 1. The Kier molecular flexibility index (Phi) is 11.2. The number of hydrogen-bond acceptors (Lipinski definition) is 9. The molecule has 2 heterocycles. The molecule has 0 fully saturated rings. The summed E-state index contributed by atoms with van der Waals surface area (Å²) in [5.74, 6) is -1.62. The topological polar surface area (TPSA) is 172 Å². The van der Waals surface area contributed by atoms with Gasteiger partial charge in [-0.15, -0.1) is 0 Å². The fourth-order valence-electron chi connectivity index (χ4n) is 5.50. The molecule has 0 saturated heterocycles. The second-order valence-corrected chi connectivity index (χ2v) is 14.0. The highest BCUT2D eigenvalue weighted by Crippen LogP contribution is 2.43. The molecule has 1 atom stereocenters. The summed E-state index contributed by atoms with van der Waals surface area (Å²) < 4.78 is 11.8. The van der Waals surface area contributed by atoms with Crippen LogP contribution in [0.25, 0.3) is 11.1 Å². The summed E-state index contributed by atoms with van der Waals surface area (Å²) in [5.41, 5.74) is 2.87. The number of pyridine rings is 2. The maximum atomic E-state index is 13.4. The Balaban J connectivity index is 1.32. The van der Waals surface area contributed by atoms with Crippen LogP contribution in [0.4, 0.5) is 5.82 Å². The second-order valence-electron chi connectivity index (χ2n) is 13.2. The van der Waals surface area contributed by atoms with Gasteiger partial charge in [-0.05, 0) is 81.0 Å². The minimum atomic E-state index is -1.17. The van der Waals surface area contributed by atoms with E-state index < -0.39 is 28.9 Å². The van der Waals surface area contributed by atoms with Crippen LogP contribution in [-0.4, -0.2) is 56.2 Å². The molecule has 1 aliphatic rings. The van der Waals surface area contributed by atoms with Crippen molar-refractivity contribution in [1.29, 1.82) is 0 Å². The number of nitrogens with zero attached hydrogens (tertiary/aromatic N) is 2. The van der Waals surface area contributed by atoms with Crippen molar-refractivity contribution >= 4 is 46.9 Å². The first-order valence-electron chi connectivity index (χ1n) is 16.1. The zero-order valence-electron chi connectivity index (χ0n) is 28.8. The van der Waals surface area contributed by atoms with Crippen molar-refractivity contribution in [2.24, 2.45) is 0 Å². The standard InChI is InChI=1S/C37H39Cl2N5O7/c1-36(2,34(46)47)41-18-20-12-15-29(40-17-20)43-31(45)26-11-7-10-25(30(26)39)22-8-6-9-24-23(22)13-14-28(24)51-33-27(38)16-21(32(44-33)50-5)19-42-37(3,4)35(48)49/h6-12,15-17,28,41-42H,13-14,18-19H2,1-5H3,(H,46,47)(H,48,49)(H,40,43,45)/t28-/m0/s1. The zero-order valence-corrected chi connectivity index (χ0v) is 30.3. The quantitative estimate of drug-likeness (QED) is 0.0935. The number of nitrogens with one attached hydrogen (secondary N) is 3. The SMILES string of the molecule is COc1nc(O[C@H]2CCc3c(-c4cccc(C(=O)Nc5ccc(CNC(C)(C)C(=O)O)cn5)c4Cl)cccc32)c(Cl)cc1CNC(C)(C)C(=O)O. The molecule has 1 amide bonds. The summed E-state index contributed by atoms with van der Waals surface area (Å²) in [7, 11) is 1.47. The fraction of sp³-hybridized carbons (Fsp3) is 0.324. The molecule has 2 aromatic carbocycles. The molecular formula is C37H39Cl2N5O7. The van der Waals surface area contributed by atoms with Gasteiger partial charge in [0.25, 0.3) is 5.91 Å². The fourth-order valence-corrected chi connectivity index (χ4v) is 6.03. The van der Waals surface area contributed by atoms with E-state index >= 15 is 0 Å². The summed E-state index contributed by atoms with van der Waals surface area (Å²) >= 11 is 13.5. The molecule has 0 bridgehead atoms. The molecule has 0 aliphatic heterocycles. The lowest BCUT2D eigenvalue weighted by molar-refractivity contribution is -0.144. The molecule has 0 spiro atoms. The number of methoxy groups -OCH3 is 1. The molecule has 0 saturated carbocycles. The third-order valence-corrected chi connectivity index (χ3v) is 9.45. The van der Waals surface area contributed by atoms with E-state index in [1.165, 1.54) is 7.11 Å². The summed E-state index contributed by atoms with van der Waals surface area (Å²) in [6, 6.07) is 16.2. The number of amides is 1. The number of rotatable bonds is 14. The number of carbonyl (C=O) groups is 3. The maximum absolute atomic E-state index is 13.4. The van der Waals surface area contributed by atoms with Crippen LogP contribution in [0.1, 0.15) is 72.8 Å². The minimum Gasteiger partial charge on any atom is -0.481 e. The first-order valence-corrected chi connectivity index (χ1v) is 16.9. The Hall–Kier alpha value is -4.75. The van der Waals surface area contributed by atoms with E-state index in [0.717, 1.165) is 22.3 Å². The number of aromatic nitrogens is 2. The van der Waals surface area contributed by atoms with Crippen LogP contribution < -0.4 is 25.4 Å². The second kappa shape index (κ2) is 15.2. The maximum Gasteiger partial charge on any atom is 0.323 e. The van der Waals surface area contributed by atoms with Crippen molar-refractivity contribution in [1.82, 2.24) is 20.6 Å².